The Hall–Kier alpha value is -3.43. The molecule has 0 atom stereocenters. The lowest BCUT2D eigenvalue weighted by Gasteiger charge is -2.12. The fourth-order valence-corrected chi connectivity index (χ4v) is 3.74. The van der Waals surface area contributed by atoms with Gasteiger partial charge in [-0.05, 0) is 55.3 Å². The number of rotatable bonds is 11. The van der Waals surface area contributed by atoms with E-state index in [0.29, 0.717) is 39.8 Å². The molecule has 9 heteroatoms. The van der Waals surface area contributed by atoms with Gasteiger partial charge in [0.05, 0.1) is 6.61 Å². The van der Waals surface area contributed by atoms with E-state index < -0.39 is 0 Å². The number of aliphatic hydroxyl groups is 1. The number of aromatic nitrogens is 3. The molecule has 0 aliphatic carbocycles. The zero-order chi connectivity index (χ0) is 24.6. The number of ether oxygens (including phenoxy) is 2. The highest BCUT2D eigenvalue weighted by Crippen LogP contribution is 2.24. The molecule has 0 saturated heterocycles. The van der Waals surface area contributed by atoms with Gasteiger partial charge in [-0.25, -0.2) is 14.4 Å². The van der Waals surface area contributed by atoms with E-state index >= 15 is 0 Å². The Kier molecular flexibility index (Phi) is 8.33. The van der Waals surface area contributed by atoms with E-state index in [1.54, 1.807) is 30.5 Å². The van der Waals surface area contributed by atoms with Crippen LogP contribution in [0.5, 0.6) is 11.5 Å². The Labute approximate surface area is 211 Å². The van der Waals surface area contributed by atoms with Crippen LogP contribution in [0.4, 0.5) is 4.39 Å². The quantitative estimate of drug-likeness (QED) is 0.242. The zero-order valence-electron chi connectivity index (χ0n) is 19.2. The van der Waals surface area contributed by atoms with Gasteiger partial charge in [0, 0.05) is 35.1 Å². The Morgan fingerprint density at radius 3 is 2.86 bits per heavy atom. The summed E-state index contributed by atoms with van der Waals surface area (Å²) < 4.78 is 33.7. The molecule has 0 fully saturated rings. The molecule has 7 nitrogen and oxygen atoms in total. The lowest BCUT2D eigenvalue weighted by molar-refractivity contribution is 0.259. The molecule has 2 heterocycles. The van der Waals surface area contributed by atoms with Crippen molar-refractivity contribution in [3.63, 3.8) is 0 Å². The average molecular weight is 542 g/mol. The first-order chi connectivity index (χ1) is 17.0. The third-order valence-electron chi connectivity index (χ3n) is 5.21. The highest BCUT2D eigenvalue weighted by molar-refractivity contribution is 9.10. The van der Waals surface area contributed by atoms with E-state index in [1.807, 2.05) is 35.9 Å². The maximum Gasteiger partial charge on any atom is 0.218 e. The topological polar surface area (TPSA) is 82.5 Å². The first-order valence-electron chi connectivity index (χ1n) is 11.1. The first kappa shape index (κ1) is 24.7. The van der Waals surface area contributed by atoms with E-state index in [2.05, 4.69) is 25.9 Å². The van der Waals surface area contributed by atoms with Crippen molar-refractivity contribution in [2.24, 2.45) is 0 Å². The van der Waals surface area contributed by atoms with Crippen LogP contribution in [0.15, 0.2) is 63.9 Å². The molecule has 1 N–H and O–H groups in total. The summed E-state index contributed by atoms with van der Waals surface area (Å²) in [6, 6.07) is 10.5. The van der Waals surface area contributed by atoms with Crippen LogP contribution in [0.3, 0.4) is 0 Å². The van der Waals surface area contributed by atoms with Gasteiger partial charge in [-0.15, -0.1) is 0 Å². The van der Waals surface area contributed by atoms with Crippen LogP contribution >= 0.6 is 15.9 Å². The van der Waals surface area contributed by atoms with Gasteiger partial charge in [0.15, 0.2) is 0 Å². The molecule has 2 aromatic carbocycles. The SMILES string of the molecule is Cc1cc(OCc2coc(/C=C/c3ccc(Br)cc3F)n2)ccc1OCCCn1ccnc1CO. The lowest BCUT2D eigenvalue weighted by atomic mass is 10.2. The Morgan fingerprint density at radius 1 is 1.17 bits per heavy atom. The van der Waals surface area contributed by atoms with Crippen molar-refractivity contribution in [2.75, 3.05) is 6.61 Å². The van der Waals surface area contributed by atoms with Crippen molar-refractivity contribution in [3.8, 4) is 11.5 Å². The monoisotopic (exact) mass is 541 g/mol. The number of nitrogens with zero attached hydrogens (tertiary/aromatic N) is 3. The molecule has 0 saturated carbocycles. The molecule has 0 aliphatic heterocycles. The van der Waals surface area contributed by atoms with Crippen LogP contribution < -0.4 is 9.47 Å². The molecule has 4 aromatic rings. The van der Waals surface area contributed by atoms with Crippen LogP contribution in [0.1, 0.15) is 35.0 Å². The minimum absolute atomic E-state index is 0.0766. The second kappa shape index (κ2) is 11.8. The van der Waals surface area contributed by atoms with E-state index in [1.165, 1.54) is 12.3 Å². The maximum atomic E-state index is 13.9. The molecule has 0 amide bonds. The Bertz CT molecular complexity index is 1300. The molecule has 4 rings (SSSR count). The summed E-state index contributed by atoms with van der Waals surface area (Å²) in [5, 5.41) is 9.25. The van der Waals surface area contributed by atoms with Gasteiger partial charge < -0.3 is 23.6 Å². The van der Waals surface area contributed by atoms with Gasteiger partial charge >= 0.3 is 0 Å². The number of aliphatic hydroxyl groups excluding tert-OH is 1. The largest absolute Gasteiger partial charge is 0.493 e. The van der Waals surface area contributed by atoms with Gasteiger partial charge in [0.1, 0.15) is 48.3 Å². The van der Waals surface area contributed by atoms with E-state index in [-0.39, 0.29) is 19.0 Å². The predicted molar refractivity (Wildman–Crippen MR) is 133 cm³/mol. The highest BCUT2D eigenvalue weighted by atomic mass is 79.9. The smallest absolute Gasteiger partial charge is 0.218 e. The molecule has 35 heavy (non-hydrogen) atoms. The summed E-state index contributed by atoms with van der Waals surface area (Å²) in [6.45, 7) is 3.39. The number of benzene rings is 2. The third kappa shape index (κ3) is 6.80. The number of hydrogen-bond donors (Lipinski definition) is 1. The van der Waals surface area contributed by atoms with Gasteiger partial charge in [0.2, 0.25) is 5.89 Å². The summed E-state index contributed by atoms with van der Waals surface area (Å²) in [6.07, 6.45) is 9.06. The summed E-state index contributed by atoms with van der Waals surface area (Å²) in [5.41, 5.74) is 2.03. The van der Waals surface area contributed by atoms with Crippen LogP contribution in [0.25, 0.3) is 12.2 Å². The number of halogens is 2. The molecule has 0 unspecified atom stereocenters. The van der Waals surface area contributed by atoms with Crippen molar-refractivity contribution < 1.29 is 23.4 Å². The fourth-order valence-electron chi connectivity index (χ4n) is 3.41. The first-order valence-corrected chi connectivity index (χ1v) is 11.9. The zero-order valence-corrected chi connectivity index (χ0v) is 20.7. The van der Waals surface area contributed by atoms with Crippen LogP contribution in [0.2, 0.25) is 0 Å². The second-order valence-corrected chi connectivity index (χ2v) is 8.70. The normalized spacial score (nSPS) is 11.3. The highest BCUT2D eigenvalue weighted by Gasteiger charge is 2.07. The van der Waals surface area contributed by atoms with Crippen LogP contribution in [0, 0.1) is 12.7 Å². The second-order valence-electron chi connectivity index (χ2n) is 7.79. The standard InChI is InChI=1S/C26H25BrFN3O4/c1-18-13-22(6-7-24(18)33-12-2-10-31-11-9-29-25(31)15-32)34-16-21-17-35-26(30-21)8-4-19-3-5-20(27)14-23(19)28/h3-9,11,13-14,17,32H,2,10,12,15-16H2,1H3/b8-4+. The molecule has 0 bridgehead atoms. The van der Waals surface area contributed by atoms with Crippen molar-refractivity contribution in [1.82, 2.24) is 14.5 Å². The summed E-state index contributed by atoms with van der Waals surface area (Å²) in [5.74, 6) is 2.17. The summed E-state index contributed by atoms with van der Waals surface area (Å²) in [7, 11) is 0. The van der Waals surface area contributed by atoms with Crippen molar-refractivity contribution in [3.05, 3.63) is 93.9 Å². The van der Waals surface area contributed by atoms with Crippen molar-refractivity contribution in [1.29, 1.82) is 0 Å². The molecule has 0 spiro atoms. The maximum absolute atomic E-state index is 13.9. The van der Waals surface area contributed by atoms with Crippen LogP contribution in [-0.4, -0.2) is 26.2 Å². The van der Waals surface area contributed by atoms with Gasteiger partial charge in [-0.2, -0.15) is 0 Å². The number of imidazole rings is 1. The van der Waals surface area contributed by atoms with Crippen molar-refractivity contribution >= 4 is 28.1 Å². The van der Waals surface area contributed by atoms with Gasteiger partial charge in [-0.3, -0.25) is 0 Å². The average Bonchev–Trinajstić information content (AvgIpc) is 3.50. The Balaban J connectivity index is 1.25. The van der Waals surface area contributed by atoms with Gasteiger partial charge in [0.25, 0.3) is 0 Å². The summed E-state index contributed by atoms with van der Waals surface area (Å²) >= 11 is 3.24. The third-order valence-corrected chi connectivity index (χ3v) is 5.71. The summed E-state index contributed by atoms with van der Waals surface area (Å²) in [4.78, 5) is 8.45. The van der Waals surface area contributed by atoms with Crippen molar-refractivity contribution in [2.45, 2.75) is 33.1 Å². The number of aryl methyl sites for hydroxylation is 2. The minimum atomic E-state index is -0.331. The Morgan fingerprint density at radius 2 is 2.06 bits per heavy atom. The number of hydrogen-bond acceptors (Lipinski definition) is 6. The molecule has 2 aromatic heterocycles. The van der Waals surface area contributed by atoms with Gasteiger partial charge in [-0.1, -0.05) is 22.0 Å². The molecular weight excluding hydrogens is 517 g/mol. The minimum Gasteiger partial charge on any atom is -0.493 e. The van der Waals surface area contributed by atoms with Crippen LogP contribution in [-0.2, 0) is 19.8 Å². The number of oxazole rings is 1. The van der Waals surface area contributed by atoms with E-state index in [9.17, 15) is 9.50 Å². The molecule has 0 radical (unpaired) electrons. The predicted octanol–water partition coefficient (Wildman–Crippen LogP) is 5.79. The molecular formula is C26H25BrFN3O4. The van der Waals surface area contributed by atoms with E-state index in [4.69, 9.17) is 13.9 Å². The molecule has 182 valence electrons. The molecule has 0 aliphatic rings. The fraction of sp³-hybridized carbons (Fsp3) is 0.231. The lowest BCUT2D eigenvalue weighted by Crippen LogP contribution is -2.07. The van der Waals surface area contributed by atoms with E-state index in [0.717, 1.165) is 24.3 Å².